The van der Waals surface area contributed by atoms with Crippen molar-refractivity contribution in [2.45, 2.75) is 0 Å². The van der Waals surface area contributed by atoms with E-state index < -0.39 is 0 Å². The van der Waals surface area contributed by atoms with Crippen LogP contribution in [-0.4, -0.2) is 18.1 Å². The lowest BCUT2D eigenvalue weighted by Gasteiger charge is -2.08. The highest BCUT2D eigenvalue weighted by molar-refractivity contribution is 6.42. The van der Waals surface area contributed by atoms with E-state index in [9.17, 15) is 9.90 Å². The van der Waals surface area contributed by atoms with Crippen molar-refractivity contribution in [2.24, 2.45) is 0 Å². The van der Waals surface area contributed by atoms with Crippen LogP contribution < -0.4 is 10.1 Å². The number of methoxy groups -OCH3 is 1. The van der Waals surface area contributed by atoms with Crippen molar-refractivity contribution in [3.05, 3.63) is 52.0 Å². The lowest BCUT2D eigenvalue weighted by Crippen LogP contribution is -2.11. The van der Waals surface area contributed by atoms with Crippen LogP contribution in [0.15, 0.2) is 36.4 Å². The Morgan fingerprint density at radius 1 is 1.15 bits per heavy atom. The zero-order valence-corrected chi connectivity index (χ0v) is 12.0. The molecule has 0 heterocycles. The standard InChI is InChI=1S/C14H11Cl2NO3/c1-20-13-5-3-9(7-12(13)18)17-14(19)8-2-4-10(15)11(16)6-8/h2-7,18H,1H3,(H,17,19). The molecule has 2 aromatic rings. The molecule has 0 spiro atoms. The number of aromatic hydroxyl groups is 1. The van der Waals surface area contributed by atoms with Crippen molar-refractivity contribution in [3.8, 4) is 11.5 Å². The number of amides is 1. The number of hydrogen-bond donors (Lipinski definition) is 2. The Morgan fingerprint density at radius 3 is 2.50 bits per heavy atom. The van der Waals surface area contributed by atoms with E-state index in [4.69, 9.17) is 27.9 Å². The van der Waals surface area contributed by atoms with E-state index in [1.165, 1.54) is 19.2 Å². The normalized spacial score (nSPS) is 10.2. The van der Waals surface area contributed by atoms with Gasteiger partial charge in [-0.15, -0.1) is 0 Å². The molecular formula is C14H11Cl2NO3. The Balaban J connectivity index is 2.19. The maximum atomic E-state index is 12.0. The SMILES string of the molecule is COc1ccc(NC(=O)c2ccc(Cl)c(Cl)c2)cc1O. The van der Waals surface area contributed by atoms with Crippen molar-refractivity contribution in [3.63, 3.8) is 0 Å². The molecule has 0 saturated heterocycles. The summed E-state index contributed by atoms with van der Waals surface area (Å²) in [6.45, 7) is 0. The zero-order chi connectivity index (χ0) is 14.7. The zero-order valence-electron chi connectivity index (χ0n) is 10.5. The van der Waals surface area contributed by atoms with E-state index in [0.29, 0.717) is 27.0 Å². The van der Waals surface area contributed by atoms with Crippen molar-refractivity contribution in [2.75, 3.05) is 12.4 Å². The first-order chi connectivity index (χ1) is 9.51. The second-order valence-corrected chi connectivity index (χ2v) is 4.78. The van der Waals surface area contributed by atoms with Gasteiger partial charge in [0.25, 0.3) is 5.91 Å². The summed E-state index contributed by atoms with van der Waals surface area (Å²) in [5, 5.41) is 13.0. The molecule has 0 saturated carbocycles. The number of carbonyl (C=O) groups excluding carboxylic acids is 1. The quantitative estimate of drug-likeness (QED) is 0.902. The van der Waals surface area contributed by atoms with Crippen LogP contribution >= 0.6 is 23.2 Å². The molecule has 104 valence electrons. The summed E-state index contributed by atoms with van der Waals surface area (Å²) in [5.74, 6) is -0.0786. The Kier molecular flexibility index (Phi) is 4.37. The number of phenols is 1. The average molecular weight is 312 g/mol. The lowest BCUT2D eigenvalue weighted by molar-refractivity contribution is 0.102. The van der Waals surface area contributed by atoms with Crippen LogP contribution in [0.3, 0.4) is 0 Å². The minimum atomic E-state index is -0.354. The summed E-state index contributed by atoms with van der Waals surface area (Å²) in [5.41, 5.74) is 0.814. The van der Waals surface area contributed by atoms with Crippen molar-refractivity contribution in [1.29, 1.82) is 0 Å². The van der Waals surface area contributed by atoms with Gasteiger partial charge in [-0.05, 0) is 30.3 Å². The van der Waals surface area contributed by atoms with Gasteiger partial charge < -0.3 is 15.2 Å². The molecule has 2 rings (SSSR count). The van der Waals surface area contributed by atoms with Gasteiger partial charge in [-0.1, -0.05) is 23.2 Å². The summed E-state index contributed by atoms with van der Waals surface area (Å²) < 4.78 is 4.92. The van der Waals surface area contributed by atoms with Gasteiger partial charge in [-0.3, -0.25) is 4.79 Å². The van der Waals surface area contributed by atoms with Gasteiger partial charge in [0.2, 0.25) is 0 Å². The van der Waals surface area contributed by atoms with Crippen molar-refractivity contribution < 1.29 is 14.6 Å². The van der Waals surface area contributed by atoms with Crippen LogP contribution in [-0.2, 0) is 0 Å². The fourth-order valence-corrected chi connectivity index (χ4v) is 1.91. The van der Waals surface area contributed by atoms with Gasteiger partial charge in [0.15, 0.2) is 11.5 Å². The fraction of sp³-hybridized carbons (Fsp3) is 0.0714. The first-order valence-electron chi connectivity index (χ1n) is 5.64. The first-order valence-corrected chi connectivity index (χ1v) is 6.40. The molecule has 1 amide bonds. The highest BCUT2D eigenvalue weighted by Crippen LogP contribution is 2.29. The molecule has 2 aromatic carbocycles. The van der Waals surface area contributed by atoms with Gasteiger partial charge in [0.05, 0.1) is 17.2 Å². The Bertz CT molecular complexity index is 659. The number of carbonyl (C=O) groups is 1. The molecular weight excluding hydrogens is 301 g/mol. The average Bonchev–Trinajstić information content (AvgIpc) is 2.42. The molecule has 4 nitrogen and oxygen atoms in total. The minimum absolute atomic E-state index is 0.0561. The maximum Gasteiger partial charge on any atom is 0.255 e. The molecule has 2 N–H and O–H groups in total. The molecule has 0 aliphatic carbocycles. The number of nitrogens with one attached hydrogen (secondary N) is 1. The van der Waals surface area contributed by atoms with Crippen molar-refractivity contribution >= 4 is 34.8 Å². The van der Waals surface area contributed by atoms with Crippen LogP contribution in [0.25, 0.3) is 0 Å². The molecule has 0 fully saturated rings. The summed E-state index contributed by atoms with van der Waals surface area (Å²) in [7, 11) is 1.45. The third kappa shape index (κ3) is 3.15. The van der Waals surface area contributed by atoms with E-state index >= 15 is 0 Å². The second-order valence-electron chi connectivity index (χ2n) is 3.97. The van der Waals surface area contributed by atoms with Crippen LogP contribution in [0.5, 0.6) is 11.5 Å². The molecule has 0 unspecified atom stereocenters. The third-order valence-electron chi connectivity index (χ3n) is 2.62. The highest BCUT2D eigenvalue weighted by atomic mass is 35.5. The summed E-state index contributed by atoms with van der Waals surface area (Å²) in [6.07, 6.45) is 0. The number of rotatable bonds is 3. The van der Waals surface area contributed by atoms with Crippen LogP contribution in [0, 0.1) is 0 Å². The summed E-state index contributed by atoms with van der Waals surface area (Å²) in [6, 6.07) is 9.15. The molecule has 0 bridgehead atoms. The molecule has 0 radical (unpaired) electrons. The molecule has 6 heteroatoms. The minimum Gasteiger partial charge on any atom is -0.504 e. The van der Waals surface area contributed by atoms with Crippen molar-refractivity contribution in [1.82, 2.24) is 0 Å². The Labute approximate surface area is 125 Å². The van der Waals surface area contributed by atoms with Crippen LogP contribution in [0.2, 0.25) is 10.0 Å². The number of halogens is 2. The van der Waals surface area contributed by atoms with E-state index in [1.807, 2.05) is 0 Å². The molecule has 0 atom stereocenters. The molecule has 20 heavy (non-hydrogen) atoms. The van der Waals surface area contributed by atoms with Crippen LogP contribution in [0.4, 0.5) is 5.69 Å². The fourth-order valence-electron chi connectivity index (χ4n) is 1.61. The van der Waals surface area contributed by atoms with E-state index in [2.05, 4.69) is 5.32 Å². The second kappa shape index (κ2) is 6.03. The summed E-state index contributed by atoms with van der Waals surface area (Å²) in [4.78, 5) is 12.0. The number of anilines is 1. The molecule has 0 aliphatic heterocycles. The predicted octanol–water partition coefficient (Wildman–Crippen LogP) is 3.96. The molecule has 0 aliphatic rings. The Hall–Kier alpha value is -1.91. The number of hydrogen-bond acceptors (Lipinski definition) is 3. The van der Waals surface area contributed by atoms with Crippen LogP contribution in [0.1, 0.15) is 10.4 Å². The van der Waals surface area contributed by atoms with E-state index in [0.717, 1.165) is 0 Å². The third-order valence-corrected chi connectivity index (χ3v) is 3.36. The topological polar surface area (TPSA) is 58.6 Å². The van der Waals surface area contributed by atoms with Gasteiger partial charge in [-0.25, -0.2) is 0 Å². The first kappa shape index (κ1) is 14.5. The molecule has 0 aromatic heterocycles. The van der Waals surface area contributed by atoms with E-state index in [1.54, 1.807) is 24.3 Å². The largest absolute Gasteiger partial charge is 0.504 e. The lowest BCUT2D eigenvalue weighted by atomic mass is 10.2. The van der Waals surface area contributed by atoms with Gasteiger partial charge in [0.1, 0.15) is 0 Å². The van der Waals surface area contributed by atoms with Gasteiger partial charge in [-0.2, -0.15) is 0 Å². The summed E-state index contributed by atoms with van der Waals surface area (Å²) >= 11 is 11.6. The number of phenolic OH excluding ortho intramolecular Hbond substituents is 1. The highest BCUT2D eigenvalue weighted by Gasteiger charge is 2.10. The number of benzene rings is 2. The maximum absolute atomic E-state index is 12.0. The Morgan fingerprint density at radius 2 is 1.90 bits per heavy atom. The van der Waals surface area contributed by atoms with E-state index in [-0.39, 0.29) is 11.7 Å². The van der Waals surface area contributed by atoms with Gasteiger partial charge >= 0.3 is 0 Å². The van der Waals surface area contributed by atoms with Gasteiger partial charge in [0, 0.05) is 17.3 Å². The number of ether oxygens (including phenoxy) is 1. The monoisotopic (exact) mass is 311 g/mol. The smallest absolute Gasteiger partial charge is 0.255 e. The predicted molar refractivity (Wildman–Crippen MR) is 79.1 cm³/mol.